The monoisotopic (exact) mass is 567 g/mol. The fourth-order valence-corrected chi connectivity index (χ4v) is 5.20. The second-order valence-corrected chi connectivity index (χ2v) is 9.92. The number of nitrogens with one attached hydrogen (secondary N) is 1. The van der Waals surface area contributed by atoms with Crippen molar-refractivity contribution >= 4 is 52.9 Å². The predicted octanol–water partition coefficient (Wildman–Crippen LogP) is 3.83. The summed E-state index contributed by atoms with van der Waals surface area (Å²) in [6.45, 7) is 0.639. The number of benzene rings is 2. The Balaban J connectivity index is 1.58. The van der Waals surface area contributed by atoms with Gasteiger partial charge in [-0.2, -0.15) is 0 Å². The number of fused-ring (bicyclic) bond motifs is 1. The second kappa shape index (κ2) is 12.2. The number of hydrazine groups is 1. The molecule has 2 fully saturated rings. The minimum atomic E-state index is -0.723. The van der Waals surface area contributed by atoms with E-state index in [0.29, 0.717) is 29.5 Å². The number of nitrogens with zero attached hydrogens (tertiary/aromatic N) is 4. The summed E-state index contributed by atoms with van der Waals surface area (Å²) in [4.78, 5) is 43.4. The van der Waals surface area contributed by atoms with Crippen LogP contribution in [0.2, 0.25) is 5.02 Å². The van der Waals surface area contributed by atoms with Crippen molar-refractivity contribution in [3.8, 4) is 5.75 Å². The standard InChI is InChI=1S/C25H28Cl3N5O4/c1-30-16-23(34)32-21(7-4-12-26)24(35)31(14-18-5-2-3-6-20(18)27)15-22(32)33(30)25(36)29-13-17-8-10-19(37-28)11-9-17/h2-3,5-6,8-11,21-22H,4,7,12-16H2,1H3,(H,29,36)/t21-,22-/m0/s1. The number of hydrogen-bond donors (Lipinski definition) is 1. The van der Waals surface area contributed by atoms with Gasteiger partial charge in [-0.15, -0.1) is 11.6 Å². The van der Waals surface area contributed by atoms with Crippen LogP contribution in [0.25, 0.3) is 0 Å². The molecule has 2 aromatic carbocycles. The number of alkyl halides is 1. The van der Waals surface area contributed by atoms with Crippen molar-refractivity contribution in [2.24, 2.45) is 0 Å². The van der Waals surface area contributed by atoms with Crippen LogP contribution in [0, 0.1) is 0 Å². The van der Waals surface area contributed by atoms with E-state index in [1.54, 1.807) is 52.2 Å². The van der Waals surface area contributed by atoms with Crippen LogP contribution in [0.3, 0.4) is 0 Å². The van der Waals surface area contributed by atoms with Gasteiger partial charge in [-0.25, -0.2) is 14.8 Å². The lowest BCUT2D eigenvalue weighted by atomic mass is 10.0. The molecule has 198 valence electrons. The Kier molecular flexibility index (Phi) is 9.02. The number of rotatable bonds is 8. The van der Waals surface area contributed by atoms with E-state index in [4.69, 9.17) is 35.1 Å². The average molecular weight is 569 g/mol. The molecule has 0 spiro atoms. The summed E-state index contributed by atoms with van der Waals surface area (Å²) in [7, 11) is 1.68. The van der Waals surface area contributed by atoms with Gasteiger partial charge in [-0.3, -0.25) is 9.59 Å². The van der Waals surface area contributed by atoms with Gasteiger partial charge in [0.25, 0.3) is 0 Å². The van der Waals surface area contributed by atoms with E-state index in [1.807, 2.05) is 18.2 Å². The largest absolute Gasteiger partial charge is 0.386 e. The lowest BCUT2D eigenvalue weighted by Gasteiger charge is -2.54. The van der Waals surface area contributed by atoms with Crippen molar-refractivity contribution in [1.82, 2.24) is 25.1 Å². The van der Waals surface area contributed by atoms with E-state index in [1.165, 1.54) is 5.01 Å². The average Bonchev–Trinajstić information content (AvgIpc) is 2.89. The molecular weight excluding hydrogens is 541 g/mol. The Morgan fingerprint density at radius 2 is 1.86 bits per heavy atom. The molecule has 9 nitrogen and oxygen atoms in total. The third kappa shape index (κ3) is 6.06. The summed E-state index contributed by atoms with van der Waals surface area (Å²) >= 11 is 17.7. The predicted molar refractivity (Wildman–Crippen MR) is 141 cm³/mol. The number of piperazine rings is 1. The smallest absolute Gasteiger partial charge is 0.334 e. The van der Waals surface area contributed by atoms with Gasteiger partial charge in [0.1, 0.15) is 29.8 Å². The Morgan fingerprint density at radius 3 is 2.54 bits per heavy atom. The minimum Gasteiger partial charge on any atom is -0.386 e. The second-order valence-electron chi connectivity index (χ2n) is 8.98. The van der Waals surface area contributed by atoms with E-state index >= 15 is 0 Å². The van der Waals surface area contributed by atoms with E-state index in [0.717, 1.165) is 11.1 Å². The topological polar surface area (TPSA) is 85.4 Å². The van der Waals surface area contributed by atoms with Crippen LogP contribution >= 0.6 is 35.1 Å². The van der Waals surface area contributed by atoms with Crippen molar-refractivity contribution in [3.05, 3.63) is 64.7 Å². The van der Waals surface area contributed by atoms with E-state index in [-0.39, 0.29) is 44.0 Å². The summed E-state index contributed by atoms with van der Waals surface area (Å²) in [5.41, 5.74) is 1.63. The molecular formula is C25H28Cl3N5O4. The molecule has 0 saturated carbocycles. The van der Waals surface area contributed by atoms with Crippen LogP contribution in [0.1, 0.15) is 24.0 Å². The molecule has 1 N–H and O–H groups in total. The maximum Gasteiger partial charge on any atom is 0.334 e. The van der Waals surface area contributed by atoms with Gasteiger partial charge in [-0.1, -0.05) is 41.9 Å². The third-order valence-electron chi connectivity index (χ3n) is 6.53. The highest BCUT2D eigenvalue weighted by molar-refractivity contribution is 6.31. The molecule has 2 aliphatic rings. The number of carbonyl (C=O) groups excluding carboxylic acids is 3. The molecule has 0 aromatic heterocycles. The molecule has 0 aliphatic carbocycles. The molecule has 0 unspecified atom stereocenters. The van der Waals surface area contributed by atoms with Crippen LogP contribution in [0.5, 0.6) is 5.75 Å². The molecule has 0 radical (unpaired) electrons. The van der Waals surface area contributed by atoms with Gasteiger partial charge in [0.05, 0.1) is 13.1 Å². The highest BCUT2D eigenvalue weighted by Gasteiger charge is 2.50. The van der Waals surface area contributed by atoms with E-state index < -0.39 is 12.2 Å². The summed E-state index contributed by atoms with van der Waals surface area (Å²) in [6.07, 6.45) is 0.273. The van der Waals surface area contributed by atoms with E-state index in [2.05, 4.69) is 9.61 Å². The van der Waals surface area contributed by atoms with Crippen LogP contribution in [-0.2, 0) is 22.7 Å². The first-order valence-electron chi connectivity index (χ1n) is 11.9. The molecule has 2 heterocycles. The molecule has 37 heavy (non-hydrogen) atoms. The first-order chi connectivity index (χ1) is 17.8. The molecule has 2 atom stereocenters. The van der Waals surface area contributed by atoms with Crippen molar-refractivity contribution in [1.29, 1.82) is 0 Å². The Labute approximate surface area is 230 Å². The van der Waals surface area contributed by atoms with Crippen LogP contribution in [-0.4, -0.2) is 75.9 Å². The molecule has 2 aliphatic heterocycles. The Hall–Kier alpha value is -2.72. The highest BCUT2D eigenvalue weighted by atomic mass is 35.5. The Bertz CT molecular complexity index is 1140. The zero-order valence-electron chi connectivity index (χ0n) is 20.3. The van der Waals surface area contributed by atoms with Crippen molar-refractivity contribution < 1.29 is 18.7 Å². The van der Waals surface area contributed by atoms with Crippen LogP contribution < -0.4 is 9.61 Å². The quantitative estimate of drug-likeness (QED) is 0.490. The molecule has 4 rings (SSSR count). The van der Waals surface area contributed by atoms with Gasteiger partial charge in [0.2, 0.25) is 11.8 Å². The maximum atomic E-state index is 13.6. The molecule has 0 bridgehead atoms. The maximum absolute atomic E-state index is 13.6. The first kappa shape index (κ1) is 27.3. The lowest BCUT2D eigenvalue weighted by Crippen LogP contribution is -2.75. The number of likely N-dealkylation sites (N-methyl/N-ethyl adjacent to an activating group) is 1. The number of carbonyl (C=O) groups is 3. The molecule has 12 heteroatoms. The SMILES string of the molecule is CN1CC(=O)N2[C@@H](CCCCl)C(=O)N(Cc3ccccc3Cl)C[C@@H]2N1C(=O)NCc1ccc(OCl)cc1. The van der Waals surface area contributed by atoms with Gasteiger partial charge in [0, 0.05) is 31.0 Å². The van der Waals surface area contributed by atoms with Gasteiger partial charge in [0.15, 0.2) is 0 Å². The summed E-state index contributed by atoms with van der Waals surface area (Å²) < 4.78 is 4.66. The fraction of sp³-hybridized carbons (Fsp3) is 0.400. The van der Waals surface area contributed by atoms with Gasteiger partial charge >= 0.3 is 6.03 Å². The Morgan fingerprint density at radius 1 is 1.14 bits per heavy atom. The molecule has 2 aromatic rings. The number of urea groups is 1. The fourth-order valence-electron chi connectivity index (χ4n) is 4.74. The zero-order chi connectivity index (χ0) is 26.5. The normalized spacial score (nSPS) is 20.2. The van der Waals surface area contributed by atoms with E-state index in [9.17, 15) is 14.4 Å². The number of hydrogen-bond acceptors (Lipinski definition) is 5. The van der Waals surface area contributed by atoms with Crippen molar-refractivity contribution in [3.63, 3.8) is 0 Å². The zero-order valence-corrected chi connectivity index (χ0v) is 22.5. The minimum absolute atomic E-state index is 0.0269. The van der Waals surface area contributed by atoms with Crippen molar-refractivity contribution in [2.45, 2.75) is 38.1 Å². The highest BCUT2D eigenvalue weighted by Crippen LogP contribution is 2.30. The summed E-state index contributed by atoms with van der Waals surface area (Å²) in [5, 5.41) is 6.56. The lowest BCUT2D eigenvalue weighted by molar-refractivity contribution is -0.188. The van der Waals surface area contributed by atoms with Gasteiger partial charge < -0.3 is 19.4 Å². The van der Waals surface area contributed by atoms with Gasteiger partial charge in [-0.05, 0) is 42.2 Å². The first-order valence-corrected chi connectivity index (χ1v) is 13.1. The third-order valence-corrected chi connectivity index (χ3v) is 7.35. The number of amides is 4. The summed E-state index contributed by atoms with van der Waals surface area (Å²) in [5.74, 6) is 0.466. The van der Waals surface area contributed by atoms with Crippen molar-refractivity contribution in [2.75, 3.05) is 26.0 Å². The van der Waals surface area contributed by atoms with Crippen LogP contribution in [0.15, 0.2) is 48.5 Å². The molecule has 4 amide bonds. The number of halogens is 3. The summed E-state index contributed by atoms with van der Waals surface area (Å²) in [6, 6.07) is 13.2. The van der Waals surface area contributed by atoms with Crippen LogP contribution in [0.4, 0.5) is 4.79 Å². The molecule has 2 saturated heterocycles.